The number of carbonyl (C=O) groups excluding carboxylic acids is 3. The number of methoxy groups -OCH3 is 1. The number of rotatable bonds is 4. The quantitative estimate of drug-likeness (QED) is 0.232. The van der Waals surface area contributed by atoms with E-state index in [-0.39, 0.29) is 45.0 Å². The van der Waals surface area contributed by atoms with Crippen molar-refractivity contribution in [2.75, 3.05) is 26.7 Å². The van der Waals surface area contributed by atoms with Gasteiger partial charge < -0.3 is 54.9 Å². The summed E-state index contributed by atoms with van der Waals surface area (Å²) >= 11 is 0. The lowest BCUT2D eigenvalue weighted by molar-refractivity contribution is -0.160. The van der Waals surface area contributed by atoms with Gasteiger partial charge in [-0.3, -0.25) is 19.4 Å². The summed E-state index contributed by atoms with van der Waals surface area (Å²) in [6.07, 6.45) is 3.67. The van der Waals surface area contributed by atoms with Crippen LogP contribution < -0.4 is 15.4 Å². The van der Waals surface area contributed by atoms with Gasteiger partial charge in [0.05, 0.1) is 47.2 Å². The van der Waals surface area contributed by atoms with E-state index in [4.69, 9.17) is 23.9 Å². The van der Waals surface area contributed by atoms with E-state index in [0.717, 1.165) is 19.6 Å². The fourth-order valence-corrected chi connectivity index (χ4v) is 9.43. The number of Topliss-reactive ketones (excluding diaryl/α,β-unsaturated/α-hetero) is 1. The number of aliphatic imine (C=N–C) groups is 1. The number of hydrogen-bond donors (Lipinski definition) is 6. The minimum atomic E-state index is -1.94. The molecule has 4 heterocycles. The Bertz CT molecular complexity index is 2060. The number of benzene rings is 1. The number of nitrogens with one attached hydrogen (secondary N) is 2. The summed E-state index contributed by atoms with van der Waals surface area (Å²) in [6, 6.07) is 0. The molecule has 1 aromatic rings. The van der Waals surface area contributed by atoms with Crippen LogP contribution in [-0.2, 0) is 23.8 Å². The molecule has 1 unspecified atom stereocenters. The largest absolute Gasteiger partial charge is 0.507 e. The molecule has 1 spiro atoms. The molecule has 1 aliphatic carbocycles. The zero-order valence-corrected chi connectivity index (χ0v) is 37.2. The average molecular weight is 849 g/mol. The molecule has 1 saturated heterocycles. The molecule has 0 radical (unpaired) electrons. The second-order valence-electron chi connectivity index (χ2n) is 18.2. The summed E-state index contributed by atoms with van der Waals surface area (Å²) in [7, 11) is 1.47. The first-order chi connectivity index (χ1) is 28.6. The molecule has 15 heteroatoms. The number of hydrogen-bond acceptors (Lipinski definition) is 14. The average Bonchev–Trinajstić information content (AvgIpc) is 3.71. The fourth-order valence-electron chi connectivity index (χ4n) is 9.43. The predicted molar refractivity (Wildman–Crippen MR) is 227 cm³/mol. The van der Waals surface area contributed by atoms with Crippen molar-refractivity contribution in [3.05, 3.63) is 69.8 Å². The van der Waals surface area contributed by atoms with Gasteiger partial charge in [-0.15, -0.1) is 0 Å². The van der Waals surface area contributed by atoms with E-state index >= 15 is 0 Å². The maximum Gasteiger partial charge on any atom is 0.312 e. The third-order valence-corrected chi connectivity index (χ3v) is 13.1. The number of allylic oxidation sites excluding steroid dienone is 3. The number of likely N-dealkylation sites (tertiary alicyclic amines) is 1. The third kappa shape index (κ3) is 8.64. The van der Waals surface area contributed by atoms with Gasteiger partial charge in [0, 0.05) is 99.4 Å². The standard InChI is InChI=1S/C46H64N4O11/c1-22(2)21-50-18-16-46(17-19-50)48-34-31-32-39(54)28(8)42-33(31)43(56)45(10,61-42)59-20-15-30(58-11)25(5)41(60-29(9)51)27(7)38(53)26(6)37(52)23(3)13-12-14-24(4)44(57)47-36(40(32)55)35(34)49-46/h12-15,20,22-23,25-27,30,37-38,40-41,49,52-55H,16-19,21H2,1-11H3,(H,47,57)/b13-12+,20-15+,24-14-/t23-,25+,26+,27+,30-,37-,38+,40?,41+,45-/m0/s1. The SMILES string of the molecule is CO[C@H]1/C=C/O[C@@]2(C)Oc3c(C)c(O)c4c(c3C2=O)C2=NC3(CCN(CC(C)C)CC3)NC2=C(NC(=O)/C(C)=C\C=C\[C@H](C)[C@H](O)[C@@H](C)[C@@H](O)[C@@H](C)[C@H](OC(C)=O)[C@@H]1C)C4O. The van der Waals surface area contributed by atoms with E-state index in [1.807, 2.05) is 0 Å². The molecule has 5 aliphatic rings. The molecule has 61 heavy (non-hydrogen) atoms. The van der Waals surface area contributed by atoms with Crippen LogP contribution in [-0.4, -0.2) is 111 Å². The minimum absolute atomic E-state index is 0.0101. The molecule has 0 saturated carbocycles. The van der Waals surface area contributed by atoms with E-state index in [1.54, 1.807) is 65.8 Å². The highest BCUT2D eigenvalue weighted by atomic mass is 16.7. The van der Waals surface area contributed by atoms with Crippen molar-refractivity contribution in [2.45, 2.75) is 124 Å². The van der Waals surface area contributed by atoms with Gasteiger partial charge in [-0.25, -0.2) is 0 Å². The second-order valence-corrected chi connectivity index (χ2v) is 18.2. The van der Waals surface area contributed by atoms with E-state index in [0.29, 0.717) is 30.2 Å². The Balaban J connectivity index is 1.49. The second kappa shape index (κ2) is 17.7. The van der Waals surface area contributed by atoms with Gasteiger partial charge in [-0.2, -0.15) is 0 Å². The molecular weight excluding hydrogens is 785 g/mol. The fraction of sp³-hybridized carbons (Fsp3) is 0.609. The third-order valence-electron chi connectivity index (χ3n) is 13.1. The van der Waals surface area contributed by atoms with Crippen molar-refractivity contribution in [1.82, 2.24) is 15.5 Å². The number of aliphatic hydroxyl groups excluding tert-OH is 3. The lowest BCUT2D eigenvalue weighted by Crippen LogP contribution is -2.50. The number of aliphatic hydroxyl groups is 3. The maximum atomic E-state index is 14.7. The van der Waals surface area contributed by atoms with E-state index in [2.05, 4.69) is 29.4 Å². The number of aromatic hydroxyl groups is 1. The molecule has 6 N–H and O–H groups in total. The van der Waals surface area contributed by atoms with Crippen LogP contribution in [0.3, 0.4) is 0 Å². The van der Waals surface area contributed by atoms with Gasteiger partial charge in [0.15, 0.2) is 0 Å². The number of nitrogens with zero attached hydrogens (tertiary/aromatic N) is 2. The summed E-state index contributed by atoms with van der Waals surface area (Å²) < 4.78 is 24.0. The molecule has 1 aromatic carbocycles. The highest BCUT2D eigenvalue weighted by Crippen LogP contribution is 2.52. The number of esters is 1. The number of piperidine rings is 1. The Hall–Kier alpha value is -4.54. The van der Waals surface area contributed by atoms with Crippen LogP contribution in [0.15, 0.2) is 52.5 Å². The Labute approximate surface area is 358 Å². The first-order valence-electron chi connectivity index (χ1n) is 21.4. The molecule has 4 aliphatic heterocycles. The van der Waals surface area contributed by atoms with Crippen LogP contribution in [0, 0.1) is 36.5 Å². The van der Waals surface area contributed by atoms with Crippen LogP contribution >= 0.6 is 0 Å². The Kier molecular flexibility index (Phi) is 13.3. The molecule has 1 fully saturated rings. The number of phenols is 1. The highest BCUT2D eigenvalue weighted by Gasteiger charge is 2.54. The summed E-state index contributed by atoms with van der Waals surface area (Å²) in [5, 5.41) is 53.5. The van der Waals surface area contributed by atoms with Crippen LogP contribution in [0.2, 0.25) is 0 Å². The lowest BCUT2D eigenvalue weighted by Gasteiger charge is -2.38. The molecule has 6 rings (SSSR count). The zero-order chi connectivity index (χ0) is 44.9. The lowest BCUT2D eigenvalue weighted by atomic mass is 9.78. The molecule has 1 amide bonds. The predicted octanol–water partition coefficient (Wildman–Crippen LogP) is 4.47. The van der Waals surface area contributed by atoms with Crippen molar-refractivity contribution in [3.63, 3.8) is 0 Å². The van der Waals surface area contributed by atoms with Crippen molar-refractivity contribution in [2.24, 2.45) is 34.6 Å². The van der Waals surface area contributed by atoms with Crippen molar-refractivity contribution in [3.8, 4) is 11.5 Å². The highest BCUT2D eigenvalue weighted by molar-refractivity contribution is 6.24. The van der Waals surface area contributed by atoms with Crippen molar-refractivity contribution >= 4 is 23.4 Å². The number of ether oxygens (including phenoxy) is 4. The van der Waals surface area contributed by atoms with Crippen LogP contribution in [0.4, 0.5) is 0 Å². The van der Waals surface area contributed by atoms with E-state index in [9.17, 15) is 34.8 Å². The van der Waals surface area contributed by atoms with Gasteiger partial charge in [0.1, 0.15) is 29.4 Å². The number of amides is 1. The van der Waals surface area contributed by atoms with Crippen molar-refractivity contribution in [1.29, 1.82) is 0 Å². The zero-order valence-electron chi connectivity index (χ0n) is 37.2. The van der Waals surface area contributed by atoms with Crippen LogP contribution in [0.5, 0.6) is 11.5 Å². The van der Waals surface area contributed by atoms with Gasteiger partial charge in [-0.1, -0.05) is 59.8 Å². The van der Waals surface area contributed by atoms with E-state index in [1.165, 1.54) is 27.2 Å². The summed E-state index contributed by atoms with van der Waals surface area (Å²) in [5.74, 6) is -5.74. The number of phenolic OH excluding ortho intramolecular Hbond substituents is 1. The normalized spacial score (nSPS) is 35.0. The molecule has 15 nitrogen and oxygen atoms in total. The van der Waals surface area contributed by atoms with Crippen molar-refractivity contribution < 1.29 is 53.8 Å². The molecular formula is C46H64N4O11. The van der Waals surface area contributed by atoms with Crippen LogP contribution in [0.1, 0.15) is 108 Å². The Morgan fingerprint density at radius 3 is 2.31 bits per heavy atom. The smallest absolute Gasteiger partial charge is 0.312 e. The topological polar surface area (TPSA) is 209 Å². The number of carbonyl (C=O) groups is 3. The molecule has 334 valence electrons. The van der Waals surface area contributed by atoms with Crippen LogP contribution in [0.25, 0.3) is 0 Å². The molecule has 5 bridgehead atoms. The summed E-state index contributed by atoms with van der Waals surface area (Å²) in [4.78, 5) is 48.7. The first kappa shape index (κ1) is 46.0. The summed E-state index contributed by atoms with van der Waals surface area (Å²) in [5.41, 5.74) is 0.661. The number of fused-ring (bicyclic) bond motifs is 3. The summed E-state index contributed by atoms with van der Waals surface area (Å²) in [6.45, 7) is 19.7. The minimum Gasteiger partial charge on any atom is -0.507 e. The van der Waals surface area contributed by atoms with Gasteiger partial charge in [0.25, 0.3) is 11.7 Å². The van der Waals surface area contributed by atoms with Gasteiger partial charge in [-0.05, 0) is 25.8 Å². The molecule has 10 atom stereocenters. The molecule has 0 aromatic heterocycles. The maximum absolute atomic E-state index is 14.7. The van der Waals surface area contributed by atoms with E-state index < -0.39 is 83.3 Å². The Morgan fingerprint density at radius 2 is 1.69 bits per heavy atom. The number of ketones is 1. The van der Waals surface area contributed by atoms with Gasteiger partial charge >= 0.3 is 11.8 Å². The first-order valence-corrected chi connectivity index (χ1v) is 21.4. The monoisotopic (exact) mass is 848 g/mol. The Morgan fingerprint density at radius 1 is 1.02 bits per heavy atom. The van der Waals surface area contributed by atoms with Gasteiger partial charge in [0.2, 0.25) is 0 Å².